The number of fused-ring (bicyclic) bond motifs is 1. The van der Waals surface area contributed by atoms with Crippen molar-refractivity contribution < 1.29 is 4.74 Å². The van der Waals surface area contributed by atoms with Crippen LogP contribution in [0.1, 0.15) is 5.69 Å². The fourth-order valence-electron chi connectivity index (χ4n) is 2.56. The van der Waals surface area contributed by atoms with E-state index in [0.717, 1.165) is 11.3 Å². The molecule has 0 atom stereocenters. The predicted octanol–water partition coefficient (Wildman–Crippen LogP) is 3.48. The Balaban J connectivity index is 1.71. The molecule has 0 saturated carbocycles. The van der Waals surface area contributed by atoms with E-state index in [1.165, 1.54) is 6.07 Å². The van der Waals surface area contributed by atoms with Crippen molar-refractivity contribution in [3.05, 3.63) is 77.0 Å². The molecule has 25 heavy (non-hydrogen) atoms. The van der Waals surface area contributed by atoms with Gasteiger partial charge in [0.05, 0.1) is 5.52 Å². The van der Waals surface area contributed by atoms with E-state index in [1.54, 1.807) is 42.9 Å². The highest BCUT2D eigenvalue weighted by atomic mass is 16.5. The largest absolute Gasteiger partial charge is 0.439 e. The molecule has 3 heterocycles. The second-order valence-corrected chi connectivity index (χ2v) is 5.56. The number of aromatic amines is 1. The highest BCUT2D eigenvalue weighted by Gasteiger charge is 2.08. The fraction of sp³-hybridized carbons (Fsp3) is 0.0526. The summed E-state index contributed by atoms with van der Waals surface area (Å²) in [6.07, 6.45) is 5.01. The van der Waals surface area contributed by atoms with Crippen LogP contribution >= 0.6 is 0 Å². The average molecular weight is 330 g/mol. The lowest BCUT2D eigenvalue weighted by Crippen LogP contribution is -2.00. The smallest absolute Gasteiger partial charge is 0.223 e. The van der Waals surface area contributed by atoms with Crippen molar-refractivity contribution in [2.24, 2.45) is 0 Å². The molecule has 4 aromatic rings. The molecular formula is C19H14N4O2. The number of ether oxygens (including phenoxy) is 1. The SMILES string of the molecule is Cc1cc(Oc2ccc3c(=O)cc[nH]c3c2)nc(-c2ccncc2)n1. The number of benzene rings is 1. The van der Waals surface area contributed by atoms with Crippen molar-refractivity contribution in [3.63, 3.8) is 0 Å². The van der Waals surface area contributed by atoms with Crippen LogP contribution in [0.5, 0.6) is 11.6 Å². The number of hydrogen-bond acceptors (Lipinski definition) is 5. The molecule has 0 unspecified atom stereocenters. The molecule has 0 aliphatic carbocycles. The third-order valence-corrected chi connectivity index (χ3v) is 3.72. The molecule has 0 amide bonds. The Hall–Kier alpha value is -3.54. The van der Waals surface area contributed by atoms with Gasteiger partial charge in [0, 0.05) is 53.4 Å². The first-order valence-corrected chi connectivity index (χ1v) is 7.74. The summed E-state index contributed by atoms with van der Waals surface area (Å²) in [7, 11) is 0. The summed E-state index contributed by atoms with van der Waals surface area (Å²) >= 11 is 0. The maximum atomic E-state index is 11.8. The van der Waals surface area contributed by atoms with Gasteiger partial charge in [0.2, 0.25) is 5.88 Å². The van der Waals surface area contributed by atoms with Crippen LogP contribution in [0.25, 0.3) is 22.3 Å². The lowest BCUT2D eigenvalue weighted by molar-refractivity contribution is 0.462. The van der Waals surface area contributed by atoms with Crippen molar-refractivity contribution in [2.75, 3.05) is 0 Å². The molecule has 4 rings (SSSR count). The maximum absolute atomic E-state index is 11.8. The molecule has 0 aliphatic rings. The van der Waals surface area contributed by atoms with Crippen LogP contribution in [0, 0.1) is 6.92 Å². The summed E-state index contributed by atoms with van der Waals surface area (Å²) in [4.78, 5) is 27.8. The van der Waals surface area contributed by atoms with Gasteiger partial charge in [-0.25, -0.2) is 4.98 Å². The van der Waals surface area contributed by atoms with Crippen LogP contribution in [-0.4, -0.2) is 19.9 Å². The zero-order chi connectivity index (χ0) is 17.2. The molecule has 6 heteroatoms. The van der Waals surface area contributed by atoms with Crippen molar-refractivity contribution in [3.8, 4) is 23.0 Å². The van der Waals surface area contributed by atoms with E-state index in [-0.39, 0.29) is 5.43 Å². The molecule has 0 fully saturated rings. The lowest BCUT2D eigenvalue weighted by Gasteiger charge is -2.08. The number of H-pyrrole nitrogens is 1. The van der Waals surface area contributed by atoms with E-state index in [0.29, 0.717) is 28.4 Å². The molecule has 0 bridgehead atoms. The van der Waals surface area contributed by atoms with Crippen LogP contribution in [0.2, 0.25) is 0 Å². The van der Waals surface area contributed by atoms with Gasteiger partial charge in [-0.15, -0.1) is 0 Å². The monoisotopic (exact) mass is 330 g/mol. The molecule has 122 valence electrons. The molecule has 1 N–H and O–H groups in total. The van der Waals surface area contributed by atoms with Crippen molar-refractivity contribution in [1.29, 1.82) is 0 Å². The molecule has 0 radical (unpaired) electrons. The Morgan fingerprint density at radius 1 is 1.00 bits per heavy atom. The van der Waals surface area contributed by atoms with E-state index in [2.05, 4.69) is 19.9 Å². The van der Waals surface area contributed by atoms with Crippen LogP contribution in [0.3, 0.4) is 0 Å². The number of hydrogen-bond donors (Lipinski definition) is 1. The summed E-state index contributed by atoms with van der Waals surface area (Å²) in [6.45, 7) is 1.89. The number of nitrogens with zero attached hydrogens (tertiary/aromatic N) is 3. The molecule has 0 spiro atoms. The van der Waals surface area contributed by atoms with Crippen LogP contribution in [0.4, 0.5) is 0 Å². The zero-order valence-corrected chi connectivity index (χ0v) is 13.4. The van der Waals surface area contributed by atoms with Crippen molar-refractivity contribution in [2.45, 2.75) is 6.92 Å². The van der Waals surface area contributed by atoms with E-state index < -0.39 is 0 Å². The molecule has 1 aromatic carbocycles. The number of aryl methyl sites for hydroxylation is 1. The van der Waals surface area contributed by atoms with Gasteiger partial charge in [0.1, 0.15) is 5.75 Å². The minimum Gasteiger partial charge on any atom is -0.439 e. The van der Waals surface area contributed by atoms with Gasteiger partial charge < -0.3 is 9.72 Å². The summed E-state index contributed by atoms with van der Waals surface area (Å²) in [5, 5.41) is 0.617. The average Bonchev–Trinajstić information content (AvgIpc) is 2.62. The second kappa shape index (κ2) is 6.16. The van der Waals surface area contributed by atoms with Crippen LogP contribution < -0.4 is 10.2 Å². The topological polar surface area (TPSA) is 80.8 Å². The predicted molar refractivity (Wildman–Crippen MR) is 94.6 cm³/mol. The van der Waals surface area contributed by atoms with Crippen molar-refractivity contribution >= 4 is 10.9 Å². The minimum absolute atomic E-state index is 0.0295. The Bertz CT molecular complexity index is 1110. The first kappa shape index (κ1) is 15.0. The molecule has 0 aliphatic heterocycles. The summed E-state index contributed by atoms with van der Waals surface area (Å²) in [5.41, 5.74) is 2.35. The van der Waals surface area contributed by atoms with E-state index in [1.807, 2.05) is 19.1 Å². The van der Waals surface area contributed by atoms with Gasteiger partial charge in [-0.1, -0.05) is 0 Å². The Morgan fingerprint density at radius 2 is 1.84 bits per heavy atom. The number of rotatable bonds is 3. The van der Waals surface area contributed by atoms with Gasteiger partial charge in [0.15, 0.2) is 11.3 Å². The minimum atomic E-state index is -0.0295. The zero-order valence-electron chi connectivity index (χ0n) is 13.4. The molecule has 0 saturated heterocycles. The van der Waals surface area contributed by atoms with Gasteiger partial charge >= 0.3 is 0 Å². The quantitative estimate of drug-likeness (QED) is 0.622. The maximum Gasteiger partial charge on any atom is 0.223 e. The second-order valence-electron chi connectivity index (χ2n) is 5.56. The summed E-state index contributed by atoms with van der Waals surface area (Å²) in [6, 6.07) is 12.2. The normalized spacial score (nSPS) is 10.8. The van der Waals surface area contributed by atoms with E-state index in [4.69, 9.17) is 4.74 Å². The lowest BCUT2D eigenvalue weighted by atomic mass is 10.2. The Kier molecular flexibility index (Phi) is 3.70. The van der Waals surface area contributed by atoms with Crippen molar-refractivity contribution in [1.82, 2.24) is 19.9 Å². The first-order valence-electron chi connectivity index (χ1n) is 7.74. The third-order valence-electron chi connectivity index (χ3n) is 3.72. The third kappa shape index (κ3) is 3.10. The summed E-state index contributed by atoms with van der Waals surface area (Å²) in [5.74, 6) is 1.61. The standard InChI is InChI=1S/C19H14N4O2/c1-12-10-18(23-19(22-12)13-4-7-20-8-5-13)25-14-2-3-15-16(11-14)21-9-6-17(15)24/h2-11H,1H3,(H,21,24). The first-order chi connectivity index (χ1) is 12.2. The highest BCUT2D eigenvalue weighted by Crippen LogP contribution is 2.25. The highest BCUT2D eigenvalue weighted by molar-refractivity contribution is 5.79. The summed E-state index contributed by atoms with van der Waals surface area (Å²) < 4.78 is 5.88. The Morgan fingerprint density at radius 3 is 2.68 bits per heavy atom. The van der Waals surface area contributed by atoms with Gasteiger partial charge in [-0.3, -0.25) is 9.78 Å². The molecule has 6 nitrogen and oxygen atoms in total. The van der Waals surface area contributed by atoms with E-state index in [9.17, 15) is 4.79 Å². The van der Waals surface area contributed by atoms with E-state index >= 15 is 0 Å². The fourth-order valence-corrected chi connectivity index (χ4v) is 2.56. The number of pyridine rings is 2. The van der Waals surface area contributed by atoms with Gasteiger partial charge in [-0.05, 0) is 31.2 Å². The van der Waals surface area contributed by atoms with Gasteiger partial charge in [-0.2, -0.15) is 4.98 Å². The Labute approximate surface area is 143 Å². The van der Waals surface area contributed by atoms with Gasteiger partial charge in [0.25, 0.3) is 0 Å². The van der Waals surface area contributed by atoms with Crippen LogP contribution in [-0.2, 0) is 0 Å². The molecule has 3 aromatic heterocycles. The number of aromatic nitrogens is 4. The van der Waals surface area contributed by atoms with Crippen LogP contribution in [0.15, 0.2) is 65.8 Å². The molecular weight excluding hydrogens is 316 g/mol. The number of nitrogens with one attached hydrogen (secondary N) is 1.